The Labute approximate surface area is 168 Å². The normalized spacial score (nSPS) is 10.4. The van der Waals surface area contributed by atoms with E-state index in [2.05, 4.69) is 25.6 Å². The van der Waals surface area contributed by atoms with Gasteiger partial charge in [-0.1, -0.05) is 24.3 Å². The van der Waals surface area contributed by atoms with Gasteiger partial charge in [-0.25, -0.2) is 15.0 Å². The first-order valence-electron chi connectivity index (χ1n) is 9.16. The number of aromatic nitrogens is 3. The van der Waals surface area contributed by atoms with E-state index in [1.807, 2.05) is 61.5 Å². The Balaban J connectivity index is 1.61. The topological polar surface area (TPSA) is 79.8 Å². The Morgan fingerprint density at radius 3 is 2.55 bits per heavy atom. The lowest BCUT2D eigenvalue weighted by Gasteiger charge is -2.14. The second-order valence-electron chi connectivity index (χ2n) is 6.47. The fourth-order valence-electron chi connectivity index (χ4n) is 2.92. The molecule has 4 rings (SSSR count). The van der Waals surface area contributed by atoms with Crippen LogP contribution in [-0.4, -0.2) is 20.9 Å². The number of aryl methyl sites for hydroxylation is 1. The number of benzene rings is 2. The summed E-state index contributed by atoms with van der Waals surface area (Å²) >= 11 is 0. The van der Waals surface area contributed by atoms with E-state index in [1.165, 1.54) is 6.33 Å². The SMILES string of the molecule is Cc1ccc(NC(=O)c2ccccc2)cc1Nc1ncccc1-c1ccncn1. The molecule has 0 aliphatic rings. The molecule has 0 atom stereocenters. The molecule has 0 radical (unpaired) electrons. The maximum absolute atomic E-state index is 12.4. The van der Waals surface area contributed by atoms with Gasteiger partial charge in [0.15, 0.2) is 0 Å². The van der Waals surface area contributed by atoms with Crippen LogP contribution in [0.2, 0.25) is 0 Å². The molecule has 6 heteroatoms. The fourth-order valence-corrected chi connectivity index (χ4v) is 2.92. The molecule has 0 aliphatic carbocycles. The summed E-state index contributed by atoms with van der Waals surface area (Å²) in [4.78, 5) is 25.2. The summed E-state index contributed by atoms with van der Waals surface area (Å²) in [6.07, 6.45) is 4.94. The summed E-state index contributed by atoms with van der Waals surface area (Å²) in [6, 6.07) is 20.5. The molecule has 0 aliphatic heterocycles. The second kappa shape index (κ2) is 8.31. The molecule has 0 fully saturated rings. The molecule has 0 spiro atoms. The summed E-state index contributed by atoms with van der Waals surface area (Å²) in [5, 5.41) is 6.31. The van der Waals surface area contributed by atoms with Crippen LogP contribution in [0.3, 0.4) is 0 Å². The highest BCUT2D eigenvalue weighted by molar-refractivity contribution is 6.04. The van der Waals surface area contributed by atoms with Gasteiger partial charge < -0.3 is 10.6 Å². The van der Waals surface area contributed by atoms with Crippen molar-refractivity contribution in [3.05, 3.63) is 96.6 Å². The fraction of sp³-hybridized carbons (Fsp3) is 0.0435. The van der Waals surface area contributed by atoms with Gasteiger partial charge in [-0.15, -0.1) is 0 Å². The first-order valence-corrected chi connectivity index (χ1v) is 9.16. The molecule has 0 saturated carbocycles. The molecular weight excluding hydrogens is 362 g/mol. The molecule has 2 N–H and O–H groups in total. The number of hydrogen-bond donors (Lipinski definition) is 2. The molecule has 0 unspecified atom stereocenters. The van der Waals surface area contributed by atoms with Crippen LogP contribution < -0.4 is 10.6 Å². The molecule has 6 nitrogen and oxygen atoms in total. The van der Waals surface area contributed by atoms with E-state index in [0.717, 1.165) is 22.5 Å². The smallest absolute Gasteiger partial charge is 0.255 e. The van der Waals surface area contributed by atoms with Gasteiger partial charge in [0.2, 0.25) is 0 Å². The third-order valence-corrected chi connectivity index (χ3v) is 4.45. The number of anilines is 3. The van der Waals surface area contributed by atoms with E-state index in [4.69, 9.17) is 0 Å². The standard InChI is InChI=1S/C23H19N5O/c1-16-9-10-18(27-23(29)17-6-3-2-4-7-17)14-21(16)28-22-19(8-5-12-25-22)20-11-13-24-15-26-20/h2-15H,1H3,(H,25,28)(H,27,29). The van der Waals surface area contributed by atoms with E-state index in [9.17, 15) is 4.79 Å². The van der Waals surface area contributed by atoms with Crippen LogP contribution >= 0.6 is 0 Å². The first-order chi connectivity index (χ1) is 14.2. The number of pyridine rings is 1. The molecule has 142 valence electrons. The van der Waals surface area contributed by atoms with E-state index >= 15 is 0 Å². The zero-order valence-electron chi connectivity index (χ0n) is 15.8. The van der Waals surface area contributed by atoms with Crippen LogP contribution in [-0.2, 0) is 0 Å². The second-order valence-corrected chi connectivity index (χ2v) is 6.47. The van der Waals surface area contributed by atoms with Crippen molar-refractivity contribution < 1.29 is 4.79 Å². The van der Waals surface area contributed by atoms with Crippen LogP contribution in [0.4, 0.5) is 17.2 Å². The molecule has 2 aromatic heterocycles. The molecule has 2 heterocycles. The van der Waals surface area contributed by atoms with Crippen molar-refractivity contribution in [2.24, 2.45) is 0 Å². The minimum absolute atomic E-state index is 0.153. The lowest BCUT2D eigenvalue weighted by molar-refractivity contribution is 0.102. The Bertz CT molecular complexity index is 1130. The van der Waals surface area contributed by atoms with Crippen molar-refractivity contribution in [1.29, 1.82) is 0 Å². The first kappa shape index (κ1) is 18.3. The Kier molecular flexibility index (Phi) is 5.25. The largest absolute Gasteiger partial charge is 0.339 e. The van der Waals surface area contributed by atoms with E-state index in [1.54, 1.807) is 24.5 Å². The number of nitrogens with one attached hydrogen (secondary N) is 2. The number of rotatable bonds is 5. The molecule has 1 amide bonds. The van der Waals surface area contributed by atoms with Crippen molar-refractivity contribution >= 4 is 23.1 Å². The van der Waals surface area contributed by atoms with Crippen molar-refractivity contribution in [3.63, 3.8) is 0 Å². The van der Waals surface area contributed by atoms with Gasteiger partial charge in [0.25, 0.3) is 5.91 Å². The minimum Gasteiger partial charge on any atom is -0.339 e. The van der Waals surface area contributed by atoms with Crippen LogP contribution in [0.1, 0.15) is 15.9 Å². The van der Waals surface area contributed by atoms with Crippen molar-refractivity contribution in [2.45, 2.75) is 6.92 Å². The number of amides is 1. The third-order valence-electron chi connectivity index (χ3n) is 4.45. The number of nitrogens with zero attached hydrogens (tertiary/aromatic N) is 3. The Morgan fingerprint density at radius 1 is 0.897 bits per heavy atom. The van der Waals surface area contributed by atoms with Crippen molar-refractivity contribution in [3.8, 4) is 11.3 Å². The highest BCUT2D eigenvalue weighted by Gasteiger charge is 2.11. The van der Waals surface area contributed by atoms with Gasteiger partial charge in [-0.05, 0) is 55.0 Å². The number of carbonyl (C=O) groups is 1. The molecular formula is C23H19N5O. The van der Waals surface area contributed by atoms with Gasteiger partial charge >= 0.3 is 0 Å². The van der Waals surface area contributed by atoms with Crippen molar-refractivity contribution in [2.75, 3.05) is 10.6 Å². The predicted octanol–water partition coefficient (Wildman–Crippen LogP) is 4.84. The van der Waals surface area contributed by atoms with Gasteiger partial charge in [0, 0.05) is 34.9 Å². The van der Waals surface area contributed by atoms with Crippen LogP contribution in [0.15, 0.2) is 85.5 Å². The van der Waals surface area contributed by atoms with E-state index in [0.29, 0.717) is 17.1 Å². The highest BCUT2D eigenvalue weighted by atomic mass is 16.1. The molecule has 29 heavy (non-hydrogen) atoms. The summed E-state index contributed by atoms with van der Waals surface area (Å²) in [5.74, 6) is 0.528. The van der Waals surface area contributed by atoms with Crippen LogP contribution in [0, 0.1) is 6.92 Å². The van der Waals surface area contributed by atoms with E-state index in [-0.39, 0.29) is 5.91 Å². The lowest BCUT2D eigenvalue weighted by atomic mass is 10.1. The summed E-state index contributed by atoms with van der Waals surface area (Å²) in [6.45, 7) is 2.00. The van der Waals surface area contributed by atoms with Gasteiger partial charge in [0.05, 0.1) is 5.69 Å². The Morgan fingerprint density at radius 2 is 1.76 bits per heavy atom. The number of hydrogen-bond acceptors (Lipinski definition) is 5. The molecule has 0 saturated heterocycles. The summed E-state index contributed by atoms with van der Waals surface area (Å²) in [7, 11) is 0. The zero-order valence-corrected chi connectivity index (χ0v) is 15.8. The lowest BCUT2D eigenvalue weighted by Crippen LogP contribution is -2.12. The molecule has 0 bridgehead atoms. The predicted molar refractivity (Wildman–Crippen MR) is 114 cm³/mol. The average Bonchev–Trinajstić information content (AvgIpc) is 2.77. The molecule has 4 aromatic rings. The van der Waals surface area contributed by atoms with Crippen LogP contribution in [0.5, 0.6) is 0 Å². The third kappa shape index (κ3) is 4.27. The van der Waals surface area contributed by atoms with Gasteiger partial charge in [0.1, 0.15) is 12.1 Å². The van der Waals surface area contributed by atoms with Crippen molar-refractivity contribution in [1.82, 2.24) is 15.0 Å². The minimum atomic E-state index is -0.153. The maximum atomic E-state index is 12.4. The quantitative estimate of drug-likeness (QED) is 0.517. The van der Waals surface area contributed by atoms with Gasteiger partial charge in [-0.2, -0.15) is 0 Å². The van der Waals surface area contributed by atoms with Gasteiger partial charge in [-0.3, -0.25) is 4.79 Å². The maximum Gasteiger partial charge on any atom is 0.255 e. The van der Waals surface area contributed by atoms with E-state index < -0.39 is 0 Å². The average molecular weight is 381 g/mol. The zero-order chi connectivity index (χ0) is 20.1. The highest BCUT2D eigenvalue weighted by Crippen LogP contribution is 2.29. The van der Waals surface area contributed by atoms with Crippen LogP contribution in [0.25, 0.3) is 11.3 Å². The molecule has 2 aromatic carbocycles. The summed E-state index contributed by atoms with van der Waals surface area (Å²) < 4.78 is 0. The Hall–Kier alpha value is -4.06. The summed E-state index contributed by atoms with van der Waals surface area (Å²) in [5.41, 5.74) is 4.84. The number of carbonyl (C=O) groups excluding carboxylic acids is 1. The monoisotopic (exact) mass is 381 g/mol.